The van der Waals surface area contributed by atoms with Crippen molar-refractivity contribution >= 4 is 16.9 Å². The van der Waals surface area contributed by atoms with Crippen LogP contribution in [0.4, 0.5) is 0 Å². The monoisotopic (exact) mass is 329 g/mol. The molecule has 6 nitrogen and oxygen atoms in total. The second kappa shape index (κ2) is 6.09. The lowest BCUT2D eigenvalue weighted by Crippen LogP contribution is -2.41. The maximum absolute atomic E-state index is 12.5. The number of hydrogen-bond acceptors (Lipinski definition) is 3. The maximum Gasteiger partial charge on any atom is 0.326 e. The fraction of sp³-hybridized carbons (Fsp3) is 0.556. The summed E-state index contributed by atoms with van der Waals surface area (Å²) in [5, 5.41) is 0. The third-order valence-electron chi connectivity index (χ3n) is 5.20. The van der Waals surface area contributed by atoms with E-state index < -0.39 is 0 Å². The van der Waals surface area contributed by atoms with Crippen LogP contribution in [-0.2, 0) is 9.53 Å². The number of fused-ring (bicyclic) bond motifs is 1. The zero-order chi connectivity index (χ0) is 16.7. The molecule has 2 heterocycles. The van der Waals surface area contributed by atoms with E-state index >= 15 is 0 Å². The normalized spacial score (nSPS) is 24.5. The van der Waals surface area contributed by atoms with Crippen LogP contribution < -0.4 is 5.69 Å². The summed E-state index contributed by atoms with van der Waals surface area (Å²) in [6.07, 6.45) is 2.62. The van der Waals surface area contributed by atoms with Gasteiger partial charge < -0.3 is 14.6 Å². The highest BCUT2D eigenvalue weighted by Crippen LogP contribution is 2.36. The number of hydrogen-bond donors (Lipinski definition) is 1. The first-order valence-corrected chi connectivity index (χ1v) is 8.78. The number of aromatic amines is 1. The van der Waals surface area contributed by atoms with Crippen molar-refractivity contribution in [3.8, 4) is 0 Å². The fourth-order valence-corrected chi connectivity index (χ4v) is 3.85. The number of piperidine rings is 1. The number of H-pyrrole nitrogens is 1. The number of rotatable bonds is 4. The second-order valence-corrected chi connectivity index (χ2v) is 6.71. The lowest BCUT2D eigenvalue weighted by atomic mass is 10.0. The molecule has 2 fully saturated rings. The van der Waals surface area contributed by atoms with Crippen molar-refractivity contribution < 1.29 is 9.53 Å². The molecule has 1 saturated carbocycles. The summed E-state index contributed by atoms with van der Waals surface area (Å²) in [4.78, 5) is 29.6. The Bertz CT molecular complexity index is 801. The maximum atomic E-state index is 12.5. The summed E-state index contributed by atoms with van der Waals surface area (Å²) in [7, 11) is 0. The fourth-order valence-electron chi connectivity index (χ4n) is 3.85. The topological polar surface area (TPSA) is 67.3 Å². The van der Waals surface area contributed by atoms with Crippen LogP contribution in [0.15, 0.2) is 29.1 Å². The molecular weight excluding hydrogens is 306 g/mol. The van der Waals surface area contributed by atoms with E-state index in [0.29, 0.717) is 19.7 Å². The minimum Gasteiger partial charge on any atom is -0.378 e. The van der Waals surface area contributed by atoms with Crippen LogP contribution in [0.3, 0.4) is 0 Å². The van der Waals surface area contributed by atoms with Crippen LogP contribution in [0.25, 0.3) is 11.0 Å². The summed E-state index contributed by atoms with van der Waals surface area (Å²) in [6.45, 7) is 4.06. The first-order valence-electron chi connectivity index (χ1n) is 8.78. The van der Waals surface area contributed by atoms with Crippen LogP contribution in [0.5, 0.6) is 0 Å². The minimum atomic E-state index is -0.0559. The van der Waals surface area contributed by atoms with Gasteiger partial charge in [0.1, 0.15) is 0 Å². The van der Waals surface area contributed by atoms with Gasteiger partial charge in [-0.1, -0.05) is 12.1 Å². The summed E-state index contributed by atoms with van der Waals surface area (Å²) < 4.78 is 7.38. The molecule has 24 heavy (non-hydrogen) atoms. The second-order valence-electron chi connectivity index (χ2n) is 6.71. The van der Waals surface area contributed by atoms with Gasteiger partial charge in [-0.15, -0.1) is 0 Å². The number of nitrogens with one attached hydrogen (secondary N) is 1. The van der Waals surface area contributed by atoms with E-state index in [1.807, 2.05) is 40.7 Å². The summed E-state index contributed by atoms with van der Waals surface area (Å²) in [5.74, 6) is 0.274. The zero-order valence-electron chi connectivity index (χ0n) is 13.9. The number of ether oxygens (including phenoxy) is 1. The van der Waals surface area contributed by atoms with Crippen LogP contribution in [0.2, 0.25) is 0 Å². The van der Waals surface area contributed by atoms with Crippen LogP contribution in [0, 0.1) is 5.92 Å². The van der Waals surface area contributed by atoms with Gasteiger partial charge in [0.25, 0.3) is 0 Å². The summed E-state index contributed by atoms with van der Waals surface area (Å²) >= 11 is 0. The molecule has 1 aromatic carbocycles. The van der Waals surface area contributed by atoms with Gasteiger partial charge in [0, 0.05) is 25.7 Å². The number of para-hydroxylation sites is 2. The van der Waals surface area contributed by atoms with Gasteiger partial charge in [-0.2, -0.15) is 0 Å². The Hall–Kier alpha value is -2.08. The van der Waals surface area contributed by atoms with Crippen LogP contribution >= 0.6 is 0 Å². The Morgan fingerprint density at radius 1 is 1.29 bits per heavy atom. The molecule has 1 saturated heterocycles. The molecule has 1 N–H and O–H groups in total. The Labute approximate surface area is 140 Å². The highest BCUT2D eigenvalue weighted by atomic mass is 16.5. The quantitative estimate of drug-likeness (QED) is 0.932. The van der Waals surface area contributed by atoms with E-state index in [-0.39, 0.29) is 29.7 Å². The van der Waals surface area contributed by atoms with E-state index in [9.17, 15) is 9.59 Å². The van der Waals surface area contributed by atoms with Crippen molar-refractivity contribution in [3.63, 3.8) is 0 Å². The Morgan fingerprint density at radius 2 is 2.04 bits per heavy atom. The Morgan fingerprint density at radius 3 is 2.79 bits per heavy atom. The van der Waals surface area contributed by atoms with E-state index in [0.717, 1.165) is 30.3 Å². The summed E-state index contributed by atoms with van der Waals surface area (Å²) in [6, 6.07) is 7.92. The highest BCUT2D eigenvalue weighted by molar-refractivity contribution is 5.82. The standard InChI is InChI=1S/C18H23N3O3/c1-2-24-16-11-13(16)17(22)20-9-7-12(8-10-20)21-15-6-4-3-5-14(15)19-18(21)23/h3-6,12-13,16H,2,7-11H2,1H3,(H,19,23)/t13-,16+/m0/s1. The van der Waals surface area contributed by atoms with Gasteiger partial charge in [0.2, 0.25) is 5.91 Å². The molecule has 128 valence electrons. The van der Waals surface area contributed by atoms with E-state index in [4.69, 9.17) is 4.74 Å². The number of amides is 1. The zero-order valence-corrected chi connectivity index (χ0v) is 13.9. The predicted octanol–water partition coefficient (Wildman–Crippen LogP) is 1.92. The minimum absolute atomic E-state index is 0.0531. The van der Waals surface area contributed by atoms with E-state index in [1.165, 1.54) is 0 Å². The number of carbonyl (C=O) groups is 1. The highest BCUT2D eigenvalue weighted by Gasteiger charge is 2.46. The van der Waals surface area contributed by atoms with E-state index in [2.05, 4.69) is 4.98 Å². The van der Waals surface area contributed by atoms with Crippen molar-refractivity contribution in [1.29, 1.82) is 0 Å². The first-order chi connectivity index (χ1) is 11.7. The van der Waals surface area contributed by atoms with Gasteiger partial charge in [0.05, 0.1) is 23.1 Å². The predicted molar refractivity (Wildman–Crippen MR) is 90.9 cm³/mol. The smallest absolute Gasteiger partial charge is 0.326 e. The van der Waals surface area contributed by atoms with Gasteiger partial charge in [-0.05, 0) is 38.3 Å². The molecular formula is C18H23N3O3. The molecule has 2 aliphatic rings. The molecule has 0 radical (unpaired) electrons. The van der Waals surface area contributed by atoms with Crippen LogP contribution in [0.1, 0.15) is 32.2 Å². The number of carbonyl (C=O) groups excluding carboxylic acids is 1. The van der Waals surface area contributed by atoms with E-state index in [1.54, 1.807) is 0 Å². The first kappa shape index (κ1) is 15.4. The number of benzene rings is 1. The molecule has 4 rings (SSSR count). The Balaban J connectivity index is 1.44. The number of aromatic nitrogens is 2. The number of likely N-dealkylation sites (tertiary alicyclic amines) is 1. The van der Waals surface area contributed by atoms with Gasteiger partial charge in [-0.25, -0.2) is 4.79 Å². The van der Waals surface area contributed by atoms with Crippen molar-refractivity contribution in [2.75, 3.05) is 19.7 Å². The largest absolute Gasteiger partial charge is 0.378 e. The van der Waals surface area contributed by atoms with Crippen LogP contribution in [-0.4, -0.2) is 46.2 Å². The lowest BCUT2D eigenvalue weighted by molar-refractivity contribution is -0.134. The van der Waals surface area contributed by atoms with Gasteiger partial charge in [0.15, 0.2) is 0 Å². The Kier molecular flexibility index (Phi) is 3.92. The molecule has 1 aromatic heterocycles. The molecule has 1 amide bonds. The molecule has 2 atom stereocenters. The molecule has 6 heteroatoms. The third kappa shape index (κ3) is 2.65. The number of imidazole rings is 1. The third-order valence-corrected chi connectivity index (χ3v) is 5.20. The molecule has 2 aromatic rings. The SMILES string of the molecule is CCO[C@@H]1C[C@@H]1C(=O)N1CCC(n2c(=O)[nH]c3ccccc32)CC1. The van der Waals surface area contributed by atoms with Gasteiger partial charge in [-0.3, -0.25) is 9.36 Å². The molecule has 1 aliphatic carbocycles. The average molecular weight is 329 g/mol. The molecule has 1 aliphatic heterocycles. The van der Waals surface area contributed by atoms with Gasteiger partial charge >= 0.3 is 5.69 Å². The molecule has 0 unspecified atom stereocenters. The van der Waals surface area contributed by atoms with Crippen molar-refractivity contribution in [3.05, 3.63) is 34.7 Å². The average Bonchev–Trinajstić information content (AvgIpc) is 3.28. The van der Waals surface area contributed by atoms with Crippen molar-refractivity contribution in [2.24, 2.45) is 5.92 Å². The van der Waals surface area contributed by atoms with Crippen molar-refractivity contribution in [2.45, 2.75) is 38.3 Å². The molecule has 0 spiro atoms. The number of nitrogens with zero attached hydrogens (tertiary/aromatic N) is 2. The lowest BCUT2D eigenvalue weighted by Gasteiger charge is -2.32. The summed E-state index contributed by atoms with van der Waals surface area (Å²) in [5.41, 5.74) is 1.77. The molecule has 0 bridgehead atoms. The van der Waals surface area contributed by atoms with Crippen molar-refractivity contribution in [1.82, 2.24) is 14.5 Å².